The molecule has 1 aromatic heterocycles. The molecule has 0 aliphatic rings. The molecule has 5 nitrogen and oxygen atoms in total. The minimum atomic E-state index is -0.209. The van der Waals surface area contributed by atoms with Crippen molar-refractivity contribution >= 4 is 23.4 Å². The smallest absolute Gasteiger partial charge is 0.271 e. The van der Waals surface area contributed by atoms with Crippen molar-refractivity contribution in [3.05, 3.63) is 11.9 Å². The Balaban J connectivity index is 2.39. The molecule has 1 rings (SSSR count). The van der Waals surface area contributed by atoms with Crippen molar-refractivity contribution in [2.24, 2.45) is 7.05 Å². The maximum absolute atomic E-state index is 11.7. The highest BCUT2D eigenvalue weighted by molar-refractivity contribution is 7.99. The Morgan fingerprint density at radius 2 is 2.56 bits per heavy atom. The van der Waals surface area contributed by atoms with Crippen molar-refractivity contribution in [2.45, 2.75) is 0 Å². The van der Waals surface area contributed by atoms with E-state index in [-0.39, 0.29) is 5.91 Å². The van der Waals surface area contributed by atoms with Crippen molar-refractivity contribution in [3.63, 3.8) is 0 Å². The largest absolute Gasteiger partial charge is 0.396 e. The molecule has 0 atom stereocenters. The van der Waals surface area contributed by atoms with E-state index in [1.165, 1.54) is 10.9 Å². The maximum atomic E-state index is 11.7. The maximum Gasteiger partial charge on any atom is 0.271 e. The SMILES string of the molecule is C#CCSCCNC(=O)c1c(N)cnn1C. The van der Waals surface area contributed by atoms with Gasteiger partial charge < -0.3 is 11.1 Å². The van der Waals surface area contributed by atoms with E-state index >= 15 is 0 Å². The quantitative estimate of drug-likeness (QED) is 0.563. The van der Waals surface area contributed by atoms with Gasteiger partial charge in [-0.25, -0.2) is 0 Å². The van der Waals surface area contributed by atoms with E-state index in [1.54, 1.807) is 18.8 Å². The first-order chi connectivity index (χ1) is 7.66. The van der Waals surface area contributed by atoms with Crippen LogP contribution >= 0.6 is 11.8 Å². The van der Waals surface area contributed by atoms with Gasteiger partial charge in [0.2, 0.25) is 0 Å². The van der Waals surface area contributed by atoms with Crippen LogP contribution in [0.15, 0.2) is 6.20 Å². The summed E-state index contributed by atoms with van der Waals surface area (Å²) in [7, 11) is 1.68. The van der Waals surface area contributed by atoms with E-state index in [1.807, 2.05) is 0 Å². The van der Waals surface area contributed by atoms with E-state index in [4.69, 9.17) is 12.2 Å². The average molecular weight is 238 g/mol. The lowest BCUT2D eigenvalue weighted by molar-refractivity contribution is 0.0948. The van der Waals surface area contributed by atoms with Gasteiger partial charge in [-0.2, -0.15) is 5.10 Å². The van der Waals surface area contributed by atoms with Crippen LogP contribution in [-0.2, 0) is 7.05 Å². The molecule has 0 radical (unpaired) electrons. The number of thioether (sulfide) groups is 1. The number of nitrogens with one attached hydrogen (secondary N) is 1. The van der Waals surface area contributed by atoms with Gasteiger partial charge in [0.15, 0.2) is 0 Å². The molecule has 3 N–H and O–H groups in total. The van der Waals surface area contributed by atoms with E-state index in [9.17, 15) is 4.79 Å². The highest BCUT2D eigenvalue weighted by Crippen LogP contribution is 2.08. The number of rotatable bonds is 5. The van der Waals surface area contributed by atoms with E-state index in [0.29, 0.717) is 23.7 Å². The fourth-order valence-electron chi connectivity index (χ4n) is 1.18. The molecule has 6 heteroatoms. The summed E-state index contributed by atoms with van der Waals surface area (Å²) < 4.78 is 1.46. The van der Waals surface area contributed by atoms with E-state index < -0.39 is 0 Å². The zero-order valence-electron chi connectivity index (χ0n) is 9.06. The molecule has 0 fully saturated rings. The molecule has 0 saturated heterocycles. The normalized spacial score (nSPS) is 9.75. The Hall–Kier alpha value is -1.61. The van der Waals surface area contributed by atoms with Gasteiger partial charge in [-0.1, -0.05) is 5.92 Å². The summed E-state index contributed by atoms with van der Waals surface area (Å²) >= 11 is 1.60. The molecule has 0 bridgehead atoms. The third-order valence-corrected chi connectivity index (χ3v) is 2.76. The molecular weight excluding hydrogens is 224 g/mol. The number of carbonyl (C=O) groups excluding carboxylic acids is 1. The third-order valence-electron chi connectivity index (χ3n) is 1.90. The van der Waals surface area contributed by atoms with Crippen molar-refractivity contribution in [1.29, 1.82) is 0 Å². The van der Waals surface area contributed by atoms with Crippen molar-refractivity contribution in [2.75, 3.05) is 23.8 Å². The van der Waals surface area contributed by atoms with Gasteiger partial charge in [0.25, 0.3) is 5.91 Å². The van der Waals surface area contributed by atoms with E-state index in [0.717, 1.165) is 5.75 Å². The van der Waals surface area contributed by atoms with Gasteiger partial charge in [-0.3, -0.25) is 9.48 Å². The lowest BCUT2D eigenvalue weighted by atomic mass is 10.3. The molecule has 0 saturated carbocycles. The lowest BCUT2D eigenvalue weighted by Gasteiger charge is -2.05. The minimum Gasteiger partial charge on any atom is -0.396 e. The Labute approximate surface area is 98.8 Å². The molecule has 1 amide bonds. The van der Waals surface area contributed by atoms with E-state index in [2.05, 4.69) is 16.3 Å². The summed E-state index contributed by atoms with van der Waals surface area (Å²) in [6, 6.07) is 0. The summed E-state index contributed by atoms with van der Waals surface area (Å²) in [4.78, 5) is 11.7. The summed E-state index contributed by atoms with van der Waals surface area (Å²) in [5.41, 5.74) is 6.39. The number of terminal acetylenes is 1. The number of hydrogen-bond donors (Lipinski definition) is 2. The summed E-state index contributed by atoms with van der Waals surface area (Å²) in [5.74, 6) is 3.75. The summed E-state index contributed by atoms with van der Waals surface area (Å²) in [6.45, 7) is 0.565. The Kier molecular flexibility index (Phi) is 4.73. The number of carbonyl (C=O) groups is 1. The van der Waals surface area contributed by atoms with Crippen molar-refractivity contribution < 1.29 is 4.79 Å². The second kappa shape index (κ2) is 6.08. The standard InChI is InChI=1S/C10H14N4OS/c1-3-5-16-6-4-12-10(15)9-8(11)7-13-14(9)2/h1,7H,4-6,11H2,2H3,(H,12,15). The second-order valence-corrected chi connectivity index (χ2v) is 4.19. The predicted octanol–water partition coefficient (Wildman–Crippen LogP) is 0.0985. The van der Waals surface area contributed by atoms with Gasteiger partial charge in [-0.05, 0) is 0 Å². The molecule has 0 aromatic carbocycles. The zero-order valence-corrected chi connectivity index (χ0v) is 9.88. The first-order valence-corrected chi connectivity index (χ1v) is 5.89. The molecule has 0 aliphatic heterocycles. The highest BCUT2D eigenvalue weighted by Gasteiger charge is 2.13. The average Bonchev–Trinajstić information content (AvgIpc) is 2.58. The van der Waals surface area contributed by atoms with Crippen LogP contribution in [0, 0.1) is 12.3 Å². The number of nitrogens with two attached hydrogens (primary N) is 1. The van der Waals surface area contributed by atoms with Crippen LogP contribution in [-0.4, -0.2) is 33.7 Å². The van der Waals surface area contributed by atoms with Crippen LogP contribution in [0.3, 0.4) is 0 Å². The van der Waals surface area contributed by atoms with Crippen molar-refractivity contribution in [1.82, 2.24) is 15.1 Å². The summed E-state index contributed by atoms with van der Waals surface area (Å²) in [6.07, 6.45) is 6.56. The Bertz CT molecular complexity index is 388. The Morgan fingerprint density at radius 3 is 3.12 bits per heavy atom. The van der Waals surface area contributed by atoms with Gasteiger partial charge in [0.1, 0.15) is 5.69 Å². The van der Waals surface area contributed by atoms with Crippen LogP contribution < -0.4 is 11.1 Å². The monoisotopic (exact) mass is 238 g/mol. The predicted molar refractivity (Wildman–Crippen MR) is 66.1 cm³/mol. The Morgan fingerprint density at radius 1 is 1.81 bits per heavy atom. The molecule has 0 aliphatic carbocycles. The van der Waals surface area contributed by atoms with Gasteiger partial charge >= 0.3 is 0 Å². The van der Waals surface area contributed by atoms with Crippen LogP contribution in [0.4, 0.5) is 5.69 Å². The lowest BCUT2D eigenvalue weighted by Crippen LogP contribution is -2.28. The first-order valence-electron chi connectivity index (χ1n) is 4.73. The second-order valence-electron chi connectivity index (χ2n) is 3.08. The topological polar surface area (TPSA) is 72.9 Å². The number of nitrogen functional groups attached to an aromatic ring is 1. The van der Waals surface area contributed by atoms with Gasteiger partial charge in [0.05, 0.1) is 17.6 Å². The number of nitrogens with zero attached hydrogens (tertiary/aromatic N) is 2. The first kappa shape index (κ1) is 12.5. The third kappa shape index (κ3) is 3.21. The molecule has 86 valence electrons. The number of amides is 1. The van der Waals surface area contributed by atoms with Gasteiger partial charge in [0, 0.05) is 19.3 Å². The van der Waals surface area contributed by atoms with Crippen LogP contribution in [0.2, 0.25) is 0 Å². The molecule has 0 unspecified atom stereocenters. The molecule has 1 heterocycles. The minimum absolute atomic E-state index is 0.209. The fraction of sp³-hybridized carbons (Fsp3) is 0.400. The molecule has 1 aromatic rings. The molecule has 16 heavy (non-hydrogen) atoms. The molecular formula is C10H14N4OS. The fourth-order valence-corrected chi connectivity index (χ4v) is 1.69. The molecule has 0 spiro atoms. The highest BCUT2D eigenvalue weighted by atomic mass is 32.2. The van der Waals surface area contributed by atoms with Crippen LogP contribution in [0.1, 0.15) is 10.5 Å². The number of hydrogen-bond acceptors (Lipinski definition) is 4. The number of aryl methyl sites for hydroxylation is 1. The number of aromatic nitrogens is 2. The van der Waals surface area contributed by atoms with Crippen LogP contribution in [0.5, 0.6) is 0 Å². The number of anilines is 1. The van der Waals surface area contributed by atoms with Gasteiger partial charge in [-0.15, -0.1) is 18.2 Å². The van der Waals surface area contributed by atoms with Crippen molar-refractivity contribution in [3.8, 4) is 12.3 Å². The summed E-state index contributed by atoms with van der Waals surface area (Å²) in [5, 5.41) is 6.65. The zero-order chi connectivity index (χ0) is 12.0. The van der Waals surface area contributed by atoms with Crippen LogP contribution in [0.25, 0.3) is 0 Å².